The lowest BCUT2D eigenvalue weighted by molar-refractivity contribution is -0.160. The maximum atomic E-state index is 12.7. The van der Waals surface area contributed by atoms with Crippen molar-refractivity contribution in [3.05, 3.63) is 58.4 Å². The SMILES string of the molecule is Cc1cc2nc(-c3cnc4c(n3)c(C3CCN(C5COC5)CC3)nn4C)sc2c(-c2ccc(Cl)cc2)c1C(OC(C)(C)C)C(=O)O. The van der Waals surface area contributed by atoms with Gasteiger partial charge in [0.15, 0.2) is 11.8 Å². The standard InChI is InChI=1S/C34H37ClN6O4S/c1-18-14-23-30(26(19-6-8-21(35)9-7-19)25(18)29(33(42)43)45-34(2,3)4)46-32(38-23)24-15-36-31-28(37-24)27(39-40(31)5)20-10-12-41(13-11-20)22-16-44-17-22/h6-9,14-15,20,22,29H,10-13,16-17H2,1-5H3,(H,42,43). The number of carbonyl (C=O) groups is 1. The predicted octanol–water partition coefficient (Wildman–Crippen LogP) is 6.79. The molecule has 2 saturated heterocycles. The van der Waals surface area contributed by atoms with Crippen LogP contribution >= 0.6 is 22.9 Å². The van der Waals surface area contributed by atoms with E-state index in [4.69, 9.17) is 41.1 Å². The van der Waals surface area contributed by atoms with Crippen molar-refractivity contribution < 1.29 is 19.4 Å². The van der Waals surface area contributed by atoms with Crippen LogP contribution in [0.15, 0.2) is 36.5 Å². The summed E-state index contributed by atoms with van der Waals surface area (Å²) in [6.45, 7) is 11.2. The molecule has 1 atom stereocenters. The van der Waals surface area contributed by atoms with Crippen molar-refractivity contribution in [3.8, 4) is 21.8 Å². The number of benzene rings is 2. The summed E-state index contributed by atoms with van der Waals surface area (Å²) in [5, 5.41) is 16.6. The Morgan fingerprint density at radius 1 is 1.15 bits per heavy atom. The minimum Gasteiger partial charge on any atom is -0.479 e. The number of aromatic nitrogens is 5. The second-order valence-corrected chi connectivity index (χ2v) is 14.7. The van der Waals surface area contributed by atoms with Crippen LogP contribution in [0, 0.1) is 6.92 Å². The van der Waals surface area contributed by atoms with Gasteiger partial charge in [-0.05, 0) is 83.0 Å². The number of carboxylic acid groups (broad SMARTS) is 1. The molecule has 10 nitrogen and oxygen atoms in total. The van der Waals surface area contributed by atoms with E-state index < -0.39 is 17.7 Å². The van der Waals surface area contributed by atoms with E-state index in [1.54, 1.807) is 6.20 Å². The molecule has 46 heavy (non-hydrogen) atoms. The fraction of sp³-hybridized carbons (Fsp3) is 0.441. The first-order valence-corrected chi connectivity index (χ1v) is 16.8. The topological polar surface area (TPSA) is 115 Å². The van der Waals surface area contributed by atoms with Gasteiger partial charge < -0.3 is 14.6 Å². The quantitative estimate of drug-likeness (QED) is 0.201. The van der Waals surface area contributed by atoms with Gasteiger partial charge in [-0.3, -0.25) is 4.90 Å². The number of likely N-dealkylation sites (tertiary alicyclic amines) is 1. The number of hydrogen-bond acceptors (Lipinski definition) is 9. The molecule has 0 aliphatic carbocycles. The lowest BCUT2D eigenvalue weighted by Crippen LogP contribution is -2.51. The predicted molar refractivity (Wildman–Crippen MR) is 179 cm³/mol. The van der Waals surface area contributed by atoms with Gasteiger partial charge in [-0.2, -0.15) is 5.10 Å². The molecule has 2 aromatic carbocycles. The molecule has 2 fully saturated rings. The highest BCUT2D eigenvalue weighted by molar-refractivity contribution is 7.22. The summed E-state index contributed by atoms with van der Waals surface area (Å²) < 4.78 is 14.2. The van der Waals surface area contributed by atoms with E-state index >= 15 is 0 Å². The highest BCUT2D eigenvalue weighted by Crippen LogP contribution is 2.44. The molecule has 2 aliphatic heterocycles. The summed E-state index contributed by atoms with van der Waals surface area (Å²) in [4.78, 5) is 30.2. The molecule has 0 saturated carbocycles. The summed E-state index contributed by atoms with van der Waals surface area (Å²) in [5.41, 5.74) is 6.26. The van der Waals surface area contributed by atoms with Crippen LogP contribution in [-0.2, 0) is 21.3 Å². The number of nitrogens with zero attached hydrogens (tertiary/aromatic N) is 6. The minimum absolute atomic E-state index is 0.304. The number of ether oxygens (including phenoxy) is 2. The van der Waals surface area contributed by atoms with E-state index in [2.05, 4.69) is 4.90 Å². The Hall–Kier alpha value is -3.48. The van der Waals surface area contributed by atoms with Crippen molar-refractivity contribution in [1.29, 1.82) is 0 Å². The minimum atomic E-state index is -1.18. The monoisotopic (exact) mass is 660 g/mol. The summed E-state index contributed by atoms with van der Waals surface area (Å²) >= 11 is 7.74. The molecule has 240 valence electrons. The summed E-state index contributed by atoms with van der Waals surface area (Å²) in [6, 6.07) is 9.92. The van der Waals surface area contributed by atoms with Crippen molar-refractivity contribution in [1.82, 2.24) is 29.6 Å². The smallest absolute Gasteiger partial charge is 0.337 e. The van der Waals surface area contributed by atoms with Gasteiger partial charge in [0.2, 0.25) is 0 Å². The molecule has 0 amide bonds. The van der Waals surface area contributed by atoms with Crippen LogP contribution in [0.25, 0.3) is 43.2 Å². The third-order valence-corrected chi connectivity index (χ3v) is 10.2. The molecule has 1 N–H and O–H groups in total. The molecule has 0 spiro atoms. The van der Waals surface area contributed by atoms with Crippen LogP contribution < -0.4 is 0 Å². The van der Waals surface area contributed by atoms with Crippen LogP contribution in [0.1, 0.15) is 62.5 Å². The van der Waals surface area contributed by atoms with Gasteiger partial charge in [0, 0.05) is 29.1 Å². The first-order chi connectivity index (χ1) is 22.0. The number of carboxylic acids is 1. The zero-order valence-corrected chi connectivity index (χ0v) is 28.2. The number of aliphatic carboxylic acids is 1. The molecule has 7 rings (SSSR count). The van der Waals surface area contributed by atoms with Crippen LogP contribution in [-0.4, -0.2) is 78.7 Å². The van der Waals surface area contributed by atoms with E-state index in [0.717, 1.165) is 82.9 Å². The fourth-order valence-corrected chi connectivity index (χ4v) is 7.75. The summed E-state index contributed by atoms with van der Waals surface area (Å²) in [7, 11) is 1.92. The highest BCUT2D eigenvalue weighted by Gasteiger charge is 2.34. The average Bonchev–Trinajstić information content (AvgIpc) is 3.55. The van der Waals surface area contributed by atoms with Crippen molar-refractivity contribution in [2.24, 2.45) is 7.05 Å². The highest BCUT2D eigenvalue weighted by atomic mass is 35.5. The molecule has 0 radical (unpaired) electrons. The van der Waals surface area contributed by atoms with Crippen LogP contribution in [0.4, 0.5) is 0 Å². The molecule has 5 aromatic rings. The van der Waals surface area contributed by atoms with Crippen molar-refractivity contribution in [3.63, 3.8) is 0 Å². The van der Waals surface area contributed by atoms with Crippen molar-refractivity contribution in [2.75, 3.05) is 26.3 Å². The number of rotatable bonds is 7. The molecule has 1 unspecified atom stereocenters. The first-order valence-electron chi connectivity index (χ1n) is 15.6. The van der Waals surface area contributed by atoms with Gasteiger partial charge in [-0.1, -0.05) is 23.7 Å². The van der Waals surface area contributed by atoms with Gasteiger partial charge in [0.05, 0.1) is 47.0 Å². The number of piperidine rings is 1. The Morgan fingerprint density at radius 2 is 1.87 bits per heavy atom. The van der Waals surface area contributed by atoms with E-state index in [-0.39, 0.29) is 0 Å². The largest absolute Gasteiger partial charge is 0.479 e. The normalized spacial score (nSPS) is 17.5. The first kappa shape index (κ1) is 31.1. The molecule has 0 bridgehead atoms. The van der Waals surface area contributed by atoms with Gasteiger partial charge in [-0.15, -0.1) is 11.3 Å². The maximum absolute atomic E-state index is 12.7. The Labute approximate surface area is 276 Å². The van der Waals surface area contributed by atoms with Crippen molar-refractivity contribution >= 4 is 50.3 Å². The van der Waals surface area contributed by atoms with E-state index in [1.165, 1.54) is 11.3 Å². The van der Waals surface area contributed by atoms with Crippen molar-refractivity contribution in [2.45, 2.75) is 64.2 Å². The molecule has 5 heterocycles. The third-order valence-electron chi connectivity index (χ3n) is 8.85. The Morgan fingerprint density at radius 3 is 2.50 bits per heavy atom. The van der Waals surface area contributed by atoms with E-state index in [9.17, 15) is 9.90 Å². The number of hydrogen-bond donors (Lipinski definition) is 1. The lowest BCUT2D eigenvalue weighted by Gasteiger charge is -2.41. The number of fused-ring (bicyclic) bond motifs is 2. The van der Waals surface area contributed by atoms with Gasteiger partial charge in [-0.25, -0.2) is 24.4 Å². The molecular formula is C34H37ClN6O4S. The summed E-state index contributed by atoms with van der Waals surface area (Å²) in [6.07, 6.45) is 2.61. The summed E-state index contributed by atoms with van der Waals surface area (Å²) in [5.74, 6) is -0.747. The Kier molecular flexibility index (Phi) is 8.09. The number of thiazole rings is 1. The lowest BCUT2D eigenvalue weighted by atomic mass is 9.91. The molecular weight excluding hydrogens is 624 g/mol. The third kappa shape index (κ3) is 5.79. The zero-order chi connectivity index (χ0) is 32.3. The second-order valence-electron chi connectivity index (χ2n) is 13.2. The number of aryl methyl sites for hydroxylation is 2. The molecule has 12 heteroatoms. The maximum Gasteiger partial charge on any atom is 0.337 e. The Balaban J connectivity index is 1.33. The molecule has 3 aromatic heterocycles. The van der Waals surface area contributed by atoms with Crippen LogP contribution in [0.3, 0.4) is 0 Å². The van der Waals surface area contributed by atoms with E-state index in [1.807, 2.05) is 69.8 Å². The van der Waals surface area contributed by atoms with Gasteiger partial charge in [0.25, 0.3) is 0 Å². The number of halogens is 1. The Bertz CT molecular complexity index is 1940. The fourth-order valence-electron chi connectivity index (χ4n) is 6.55. The van der Waals surface area contributed by atoms with Gasteiger partial charge >= 0.3 is 5.97 Å². The van der Waals surface area contributed by atoms with Crippen LogP contribution in [0.2, 0.25) is 5.02 Å². The molecule has 2 aliphatic rings. The second kappa shape index (κ2) is 12.0. The van der Waals surface area contributed by atoms with E-state index in [0.29, 0.717) is 33.2 Å². The zero-order valence-electron chi connectivity index (χ0n) is 26.6. The van der Waals surface area contributed by atoms with Crippen LogP contribution in [0.5, 0.6) is 0 Å². The average molecular weight is 661 g/mol. The van der Waals surface area contributed by atoms with Gasteiger partial charge in [0.1, 0.15) is 16.2 Å².